The van der Waals surface area contributed by atoms with Crippen molar-refractivity contribution >= 4 is 5.91 Å². The molecule has 1 aliphatic rings. The Labute approximate surface area is 92.2 Å². The summed E-state index contributed by atoms with van der Waals surface area (Å²) < 4.78 is 0. The Hall–Kier alpha value is -0.610. The summed E-state index contributed by atoms with van der Waals surface area (Å²) in [6.45, 7) is 7.26. The fraction of sp³-hybridized carbons (Fsp3) is 0.909. The average molecular weight is 213 g/mol. The van der Waals surface area contributed by atoms with E-state index in [4.69, 9.17) is 5.84 Å². The molecule has 0 aromatic rings. The van der Waals surface area contributed by atoms with Crippen molar-refractivity contribution in [2.24, 2.45) is 17.7 Å². The second kappa shape index (κ2) is 6.08. The number of piperidine rings is 1. The number of hydrogen-bond acceptors (Lipinski definition) is 3. The third kappa shape index (κ3) is 3.80. The second-order valence-electron chi connectivity index (χ2n) is 4.59. The Bertz CT molecular complexity index is 208. The van der Waals surface area contributed by atoms with Crippen LogP contribution in [0, 0.1) is 11.8 Å². The molecule has 1 heterocycles. The predicted molar refractivity (Wildman–Crippen MR) is 60.9 cm³/mol. The molecule has 1 saturated heterocycles. The van der Waals surface area contributed by atoms with Crippen molar-refractivity contribution in [3.8, 4) is 0 Å². The second-order valence-corrected chi connectivity index (χ2v) is 4.59. The Kier molecular flexibility index (Phi) is 5.05. The van der Waals surface area contributed by atoms with E-state index in [0.29, 0.717) is 0 Å². The molecule has 1 aliphatic heterocycles. The Morgan fingerprint density at radius 3 is 3.00 bits per heavy atom. The lowest BCUT2D eigenvalue weighted by atomic mass is 9.95. The molecule has 0 aromatic heterocycles. The van der Waals surface area contributed by atoms with Crippen LogP contribution in [0.2, 0.25) is 0 Å². The smallest absolute Gasteiger partial charge is 0.237 e. The van der Waals surface area contributed by atoms with Gasteiger partial charge in [-0.2, -0.15) is 0 Å². The van der Waals surface area contributed by atoms with Gasteiger partial charge in [0.25, 0.3) is 0 Å². The Morgan fingerprint density at radius 2 is 2.40 bits per heavy atom. The highest BCUT2D eigenvalue weighted by molar-refractivity contribution is 5.77. The van der Waals surface area contributed by atoms with Crippen LogP contribution in [0.15, 0.2) is 0 Å². The molecule has 0 bridgehead atoms. The van der Waals surface area contributed by atoms with Crippen molar-refractivity contribution < 1.29 is 4.79 Å². The zero-order valence-corrected chi connectivity index (χ0v) is 9.83. The maximum atomic E-state index is 11.3. The first-order chi connectivity index (χ1) is 7.17. The van der Waals surface area contributed by atoms with E-state index < -0.39 is 0 Å². The van der Waals surface area contributed by atoms with E-state index in [1.807, 2.05) is 6.92 Å². The standard InChI is InChI=1S/C11H23N3O/c1-3-10-5-4-6-14(8-10)7-9(2)11(15)13-12/h9-10H,3-8,12H2,1-2H3,(H,13,15). The zero-order chi connectivity index (χ0) is 11.3. The van der Waals surface area contributed by atoms with Crippen LogP contribution in [0.1, 0.15) is 33.1 Å². The maximum absolute atomic E-state index is 11.3. The van der Waals surface area contributed by atoms with Gasteiger partial charge in [0.2, 0.25) is 5.91 Å². The molecule has 0 aliphatic carbocycles. The molecule has 1 rings (SSSR count). The number of nitrogens with one attached hydrogen (secondary N) is 1. The summed E-state index contributed by atoms with van der Waals surface area (Å²) in [7, 11) is 0. The van der Waals surface area contributed by atoms with Gasteiger partial charge in [0.05, 0.1) is 0 Å². The summed E-state index contributed by atoms with van der Waals surface area (Å²) in [5.41, 5.74) is 2.21. The quantitative estimate of drug-likeness (QED) is 0.411. The van der Waals surface area contributed by atoms with Crippen LogP contribution in [-0.2, 0) is 4.79 Å². The number of nitrogens with two attached hydrogens (primary N) is 1. The highest BCUT2D eigenvalue weighted by Crippen LogP contribution is 2.19. The normalized spacial score (nSPS) is 24.9. The van der Waals surface area contributed by atoms with Gasteiger partial charge >= 0.3 is 0 Å². The summed E-state index contributed by atoms with van der Waals surface area (Å²) in [5.74, 6) is 5.86. The summed E-state index contributed by atoms with van der Waals surface area (Å²) >= 11 is 0. The van der Waals surface area contributed by atoms with Crippen LogP contribution in [-0.4, -0.2) is 30.4 Å². The van der Waals surface area contributed by atoms with E-state index in [-0.39, 0.29) is 11.8 Å². The number of likely N-dealkylation sites (tertiary alicyclic amines) is 1. The van der Waals surface area contributed by atoms with Crippen molar-refractivity contribution in [3.63, 3.8) is 0 Å². The molecule has 4 heteroatoms. The van der Waals surface area contributed by atoms with Gasteiger partial charge in [-0.3, -0.25) is 10.2 Å². The van der Waals surface area contributed by atoms with E-state index in [9.17, 15) is 4.79 Å². The number of hydrogen-bond donors (Lipinski definition) is 2. The molecule has 4 nitrogen and oxygen atoms in total. The van der Waals surface area contributed by atoms with E-state index in [2.05, 4.69) is 17.2 Å². The predicted octanol–water partition coefficient (Wildman–Crippen LogP) is 0.734. The lowest BCUT2D eigenvalue weighted by Gasteiger charge is -2.33. The molecule has 0 aromatic carbocycles. The number of amides is 1. The molecule has 0 spiro atoms. The summed E-state index contributed by atoms with van der Waals surface area (Å²) in [5, 5.41) is 0. The highest BCUT2D eigenvalue weighted by atomic mass is 16.2. The molecule has 1 fully saturated rings. The van der Waals surface area contributed by atoms with Gasteiger partial charge in [0.1, 0.15) is 0 Å². The fourth-order valence-electron chi connectivity index (χ4n) is 2.26. The van der Waals surface area contributed by atoms with E-state index >= 15 is 0 Å². The fourth-order valence-corrected chi connectivity index (χ4v) is 2.26. The SMILES string of the molecule is CCC1CCCN(CC(C)C(=O)NN)C1. The summed E-state index contributed by atoms with van der Waals surface area (Å²) in [6, 6.07) is 0. The van der Waals surface area contributed by atoms with Gasteiger partial charge in [0.15, 0.2) is 0 Å². The average Bonchev–Trinajstić information content (AvgIpc) is 2.28. The first-order valence-electron chi connectivity index (χ1n) is 5.90. The van der Waals surface area contributed by atoms with Gasteiger partial charge in [-0.1, -0.05) is 20.3 Å². The molecule has 0 saturated carbocycles. The third-order valence-electron chi connectivity index (χ3n) is 3.30. The molecule has 15 heavy (non-hydrogen) atoms. The largest absolute Gasteiger partial charge is 0.302 e. The minimum absolute atomic E-state index is 0.00870. The van der Waals surface area contributed by atoms with Gasteiger partial charge < -0.3 is 4.90 Å². The summed E-state index contributed by atoms with van der Waals surface area (Å²) in [6.07, 6.45) is 3.84. The lowest BCUT2D eigenvalue weighted by Crippen LogP contribution is -2.43. The van der Waals surface area contributed by atoms with Crippen LogP contribution in [0.5, 0.6) is 0 Å². The lowest BCUT2D eigenvalue weighted by molar-refractivity contribution is -0.125. The van der Waals surface area contributed by atoms with Crippen LogP contribution in [0.25, 0.3) is 0 Å². The Balaban J connectivity index is 2.34. The molecule has 2 atom stereocenters. The van der Waals surface area contributed by atoms with Crippen molar-refractivity contribution in [1.82, 2.24) is 10.3 Å². The minimum atomic E-state index is -0.0615. The van der Waals surface area contributed by atoms with Gasteiger partial charge in [-0.05, 0) is 25.3 Å². The van der Waals surface area contributed by atoms with E-state index in [0.717, 1.165) is 25.6 Å². The third-order valence-corrected chi connectivity index (χ3v) is 3.30. The minimum Gasteiger partial charge on any atom is -0.302 e. The molecule has 88 valence electrons. The molecular formula is C11H23N3O. The van der Waals surface area contributed by atoms with Crippen molar-refractivity contribution in [2.75, 3.05) is 19.6 Å². The monoisotopic (exact) mass is 213 g/mol. The van der Waals surface area contributed by atoms with E-state index in [1.54, 1.807) is 0 Å². The number of hydrazine groups is 1. The van der Waals surface area contributed by atoms with E-state index in [1.165, 1.54) is 19.3 Å². The van der Waals surface area contributed by atoms with Crippen molar-refractivity contribution in [2.45, 2.75) is 33.1 Å². The molecule has 1 amide bonds. The Morgan fingerprint density at radius 1 is 1.67 bits per heavy atom. The van der Waals surface area contributed by atoms with Gasteiger partial charge in [-0.25, -0.2) is 5.84 Å². The first-order valence-corrected chi connectivity index (χ1v) is 5.90. The maximum Gasteiger partial charge on any atom is 0.237 e. The molecular weight excluding hydrogens is 190 g/mol. The number of rotatable bonds is 4. The van der Waals surface area contributed by atoms with Gasteiger partial charge in [0, 0.05) is 19.0 Å². The van der Waals surface area contributed by atoms with Crippen LogP contribution < -0.4 is 11.3 Å². The molecule has 3 N–H and O–H groups in total. The molecule has 2 unspecified atom stereocenters. The zero-order valence-electron chi connectivity index (χ0n) is 9.83. The van der Waals surface area contributed by atoms with Gasteiger partial charge in [-0.15, -0.1) is 0 Å². The van der Waals surface area contributed by atoms with Crippen molar-refractivity contribution in [1.29, 1.82) is 0 Å². The topological polar surface area (TPSA) is 58.4 Å². The molecule has 0 radical (unpaired) electrons. The number of nitrogens with zero attached hydrogens (tertiary/aromatic N) is 1. The van der Waals surface area contributed by atoms with Crippen LogP contribution in [0.3, 0.4) is 0 Å². The number of carbonyl (C=O) groups is 1. The van der Waals surface area contributed by atoms with Crippen LogP contribution >= 0.6 is 0 Å². The highest BCUT2D eigenvalue weighted by Gasteiger charge is 2.22. The van der Waals surface area contributed by atoms with Crippen molar-refractivity contribution in [3.05, 3.63) is 0 Å². The first kappa shape index (κ1) is 12.5. The van der Waals surface area contributed by atoms with Crippen LogP contribution in [0.4, 0.5) is 0 Å². The summed E-state index contributed by atoms with van der Waals surface area (Å²) in [4.78, 5) is 13.7. The number of carbonyl (C=O) groups excluding carboxylic acids is 1.